The fourth-order valence-electron chi connectivity index (χ4n) is 1.30. The number of hydrogen-bond donors (Lipinski definition) is 1. The summed E-state index contributed by atoms with van der Waals surface area (Å²) in [5.41, 5.74) is 0.593. The standard InChI is InChI=1S/C14H13NO4/c1-2-7-19-14(18)12(9-15)8-10-3-5-11(6-4-10)13(16)17/h3-6,8H,2,7H2,1H3,(H,16,17)/b12-8+. The van der Waals surface area contributed by atoms with Crippen LogP contribution < -0.4 is 0 Å². The van der Waals surface area contributed by atoms with E-state index < -0.39 is 11.9 Å². The van der Waals surface area contributed by atoms with Gasteiger partial charge in [-0.25, -0.2) is 9.59 Å². The molecule has 0 aliphatic carbocycles. The Bertz CT molecular complexity index is 538. The molecule has 0 aliphatic rings. The maximum absolute atomic E-state index is 11.5. The Morgan fingerprint density at radius 1 is 1.37 bits per heavy atom. The van der Waals surface area contributed by atoms with Gasteiger partial charge in [0.1, 0.15) is 11.6 Å². The van der Waals surface area contributed by atoms with Gasteiger partial charge in [-0.3, -0.25) is 0 Å². The second kappa shape index (κ2) is 6.97. The summed E-state index contributed by atoms with van der Waals surface area (Å²) in [4.78, 5) is 22.2. The fraction of sp³-hybridized carbons (Fsp3) is 0.214. The molecular weight excluding hydrogens is 246 g/mol. The highest BCUT2D eigenvalue weighted by Gasteiger charge is 2.10. The first kappa shape index (κ1) is 14.5. The molecule has 1 rings (SSSR count). The summed E-state index contributed by atoms with van der Waals surface area (Å²) >= 11 is 0. The van der Waals surface area contributed by atoms with Gasteiger partial charge < -0.3 is 9.84 Å². The molecule has 0 heterocycles. The van der Waals surface area contributed by atoms with Gasteiger partial charge in [0.2, 0.25) is 0 Å². The van der Waals surface area contributed by atoms with Crippen LogP contribution in [0.2, 0.25) is 0 Å². The van der Waals surface area contributed by atoms with Gasteiger partial charge in [0, 0.05) is 0 Å². The van der Waals surface area contributed by atoms with Crippen molar-refractivity contribution >= 4 is 18.0 Å². The molecule has 5 heteroatoms. The Morgan fingerprint density at radius 3 is 2.47 bits per heavy atom. The number of esters is 1. The Kier molecular flexibility index (Phi) is 5.30. The molecule has 1 aromatic carbocycles. The molecule has 0 spiro atoms. The Labute approximate surface area is 110 Å². The van der Waals surface area contributed by atoms with Crippen molar-refractivity contribution in [2.45, 2.75) is 13.3 Å². The second-order valence-corrected chi connectivity index (χ2v) is 3.73. The van der Waals surface area contributed by atoms with Crippen LogP contribution in [0.15, 0.2) is 29.8 Å². The van der Waals surface area contributed by atoms with Gasteiger partial charge in [-0.15, -0.1) is 0 Å². The first-order valence-corrected chi connectivity index (χ1v) is 5.70. The molecule has 0 fully saturated rings. The minimum Gasteiger partial charge on any atom is -0.478 e. The lowest BCUT2D eigenvalue weighted by Crippen LogP contribution is -2.07. The first-order chi connectivity index (χ1) is 9.08. The summed E-state index contributed by atoms with van der Waals surface area (Å²) in [6.45, 7) is 2.11. The molecule has 1 aromatic rings. The van der Waals surface area contributed by atoms with Crippen molar-refractivity contribution in [1.82, 2.24) is 0 Å². The van der Waals surface area contributed by atoms with Crippen LogP contribution >= 0.6 is 0 Å². The van der Waals surface area contributed by atoms with E-state index in [4.69, 9.17) is 15.1 Å². The number of carbonyl (C=O) groups excluding carboxylic acids is 1. The van der Waals surface area contributed by atoms with E-state index in [9.17, 15) is 9.59 Å². The van der Waals surface area contributed by atoms with Gasteiger partial charge in [0.25, 0.3) is 0 Å². The summed E-state index contributed by atoms with van der Waals surface area (Å²) in [6.07, 6.45) is 2.04. The van der Waals surface area contributed by atoms with Crippen LogP contribution in [0, 0.1) is 11.3 Å². The third-order valence-corrected chi connectivity index (χ3v) is 2.25. The van der Waals surface area contributed by atoms with E-state index in [1.165, 1.54) is 30.3 Å². The van der Waals surface area contributed by atoms with E-state index in [0.717, 1.165) is 0 Å². The van der Waals surface area contributed by atoms with Crippen molar-refractivity contribution in [1.29, 1.82) is 5.26 Å². The van der Waals surface area contributed by atoms with Crippen LogP contribution in [-0.4, -0.2) is 23.7 Å². The van der Waals surface area contributed by atoms with Crippen molar-refractivity contribution in [3.05, 3.63) is 41.0 Å². The smallest absolute Gasteiger partial charge is 0.348 e. The topological polar surface area (TPSA) is 87.4 Å². The van der Waals surface area contributed by atoms with Crippen molar-refractivity contribution in [2.24, 2.45) is 0 Å². The zero-order chi connectivity index (χ0) is 14.3. The number of carboxylic acid groups (broad SMARTS) is 1. The fourth-order valence-corrected chi connectivity index (χ4v) is 1.30. The van der Waals surface area contributed by atoms with Crippen molar-refractivity contribution < 1.29 is 19.4 Å². The van der Waals surface area contributed by atoms with Gasteiger partial charge in [-0.1, -0.05) is 19.1 Å². The molecule has 0 radical (unpaired) electrons. The van der Waals surface area contributed by atoms with Gasteiger partial charge in [-0.2, -0.15) is 5.26 Å². The lowest BCUT2D eigenvalue weighted by atomic mass is 10.1. The van der Waals surface area contributed by atoms with Crippen LogP contribution in [0.1, 0.15) is 29.3 Å². The predicted molar refractivity (Wildman–Crippen MR) is 68.2 cm³/mol. The van der Waals surface area contributed by atoms with Gasteiger partial charge in [0.15, 0.2) is 0 Å². The van der Waals surface area contributed by atoms with Crippen LogP contribution in [0.4, 0.5) is 0 Å². The minimum absolute atomic E-state index is 0.114. The molecule has 0 unspecified atom stereocenters. The number of aromatic carboxylic acids is 1. The molecule has 0 saturated heterocycles. The summed E-state index contributed by atoms with van der Waals surface area (Å²) in [5, 5.41) is 17.6. The molecule has 0 atom stereocenters. The van der Waals surface area contributed by atoms with Gasteiger partial charge in [-0.05, 0) is 30.2 Å². The number of nitrogens with zero attached hydrogens (tertiary/aromatic N) is 1. The van der Waals surface area contributed by atoms with Crippen LogP contribution in [0.5, 0.6) is 0 Å². The minimum atomic E-state index is -1.03. The molecule has 98 valence electrons. The summed E-state index contributed by atoms with van der Waals surface area (Å²) in [5.74, 6) is -1.70. The molecule has 5 nitrogen and oxygen atoms in total. The average molecular weight is 259 g/mol. The number of nitriles is 1. The number of rotatable bonds is 5. The Balaban J connectivity index is 2.89. The van der Waals surface area contributed by atoms with Gasteiger partial charge in [0.05, 0.1) is 12.2 Å². The Hall–Kier alpha value is -2.61. The lowest BCUT2D eigenvalue weighted by molar-refractivity contribution is -0.138. The maximum atomic E-state index is 11.5. The highest BCUT2D eigenvalue weighted by molar-refractivity contribution is 5.98. The van der Waals surface area contributed by atoms with Gasteiger partial charge >= 0.3 is 11.9 Å². The third kappa shape index (κ3) is 4.28. The predicted octanol–water partition coefficient (Wildman–Crippen LogP) is 2.24. The van der Waals surface area contributed by atoms with E-state index in [0.29, 0.717) is 12.0 Å². The zero-order valence-corrected chi connectivity index (χ0v) is 10.4. The molecule has 0 bridgehead atoms. The highest BCUT2D eigenvalue weighted by atomic mass is 16.5. The number of carbonyl (C=O) groups is 2. The van der Waals surface area contributed by atoms with Crippen LogP contribution in [0.25, 0.3) is 6.08 Å². The van der Waals surface area contributed by atoms with Crippen molar-refractivity contribution in [2.75, 3.05) is 6.61 Å². The molecule has 0 aromatic heterocycles. The summed E-state index contributed by atoms with van der Waals surface area (Å²) < 4.78 is 4.85. The normalized spacial score (nSPS) is 10.6. The third-order valence-electron chi connectivity index (χ3n) is 2.25. The zero-order valence-electron chi connectivity index (χ0n) is 10.4. The van der Waals surface area contributed by atoms with E-state index in [-0.39, 0.29) is 17.7 Å². The van der Waals surface area contributed by atoms with Crippen LogP contribution in [0.3, 0.4) is 0 Å². The average Bonchev–Trinajstić information content (AvgIpc) is 2.42. The van der Waals surface area contributed by atoms with E-state index in [1.807, 2.05) is 6.92 Å². The van der Waals surface area contributed by atoms with E-state index in [2.05, 4.69) is 0 Å². The molecular formula is C14H13NO4. The number of ether oxygens (including phenoxy) is 1. The molecule has 0 aliphatic heterocycles. The summed E-state index contributed by atoms with van der Waals surface area (Å²) in [7, 11) is 0. The van der Waals surface area contributed by atoms with E-state index in [1.54, 1.807) is 6.07 Å². The molecule has 0 saturated carbocycles. The summed E-state index contributed by atoms with van der Waals surface area (Å²) in [6, 6.07) is 7.62. The molecule has 0 amide bonds. The monoisotopic (exact) mass is 259 g/mol. The maximum Gasteiger partial charge on any atom is 0.348 e. The number of carboxylic acids is 1. The number of hydrogen-bond acceptors (Lipinski definition) is 4. The SMILES string of the molecule is CCCOC(=O)/C(C#N)=C/c1ccc(C(=O)O)cc1. The van der Waals surface area contributed by atoms with Crippen LogP contribution in [-0.2, 0) is 9.53 Å². The first-order valence-electron chi connectivity index (χ1n) is 5.70. The molecule has 1 N–H and O–H groups in total. The quantitative estimate of drug-likeness (QED) is 0.497. The highest BCUT2D eigenvalue weighted by Crippen LogP contribution is 2.10. The van der Waals surface area contributed by atoms with Crippen molar-refractivity contribution in [3.63, 3.8) is 0 Å². The van der Waals surface area contributed by atoms with E-state index >= 15 is 0 Å². The largest absolute Gasteiger partial charge is 0.478 e. The second-order valence-electron chi connectivity index (χ2n) is 3.73. The lowest BCUT2D eigenvalue weighted by Gasteiger charge is -2.01. The molecule has 19 heavy (non-hydrogen) atoms. The van der Waals surface area contributed by atoms with Crippen molar-refractivity contribution in [3.8, 4) is 6.07 Å². The Morgan fingerprint density at radius 2 is 2.00 bits per heavy atom. The number of benzene rings is 1.